The van der Waals surface area contributed by atoms with Crippen LogP contribution in [0.25, 0.3) is 0 Å². The molecule has 0 unspecified atom stereocenters. The predicted octanol–water partition coefficient (Wildman–Crippen LogP) is 1.21. The number of carbonyl (C=O) groups is 2. The van der Waals surface area contributed by atoms with Gasteiger partial charge >= 0.3 is 11.9 Å². The van der Waals surface area contributed by atoms with Crippen LogP contribution < -0.4 is 4.74 Å². The Balaban J connectivity index is 1.85. The SMILES string of the molecule is O=C(O)CCOCCOc1ccc(C2=N[C@@H](C(=O)O)CS2)c(O)c1. The number of aromatic hydroxyl groups is 1. The Morgan fingerprint density at radius 3 is 2.67 bits per heavy atom. The number of phenols is 1. The molecule has 0 amide bonds. The second-order valence-corrected chi connectivity index (χ2v) is 5.89. The summed E-state index contributed by atoms with van der Waals surface area (Å²) >= 11 is 1.28. The number of aliphatic carboxylic acids is 2. The zero-order valence-electron chi connectivity index (χ0n) is 12.7. The van der Waals surface area contributed by atoms with Crippen molar-refractivity contribution < 1.29 is 34.4 Å². The lowest BCUT2D eigenvalue weighted by atomic mass is 10.2. The zero-order valence-corrected chi connectivity index (χ0v) is 13.5. The Bertz CT molecular complexity index is 647. The molecule has 24 heavy (non-hydrogen) atoms. The van der Waals surface area contributed by atoms with Gasteiger partial charge in [0.15, 0.2) is 6.04 Å². The first kappa shape index (κ1) is 18.1. The molecule has 1 aromatic rings. The van der Waals surface area contributed by atoms with Crippen molar-refractivity contribution in [2.24, 2.45) is 4.99 Å². The quantitative estimate of drug-likeness (QED) is 0.564. The summed E-state index contributed by atoms with van der Waals surface area (Å²) in [6.07, 6.45) is -0.0629. The van der Waals surface area contributed by atoms with Gasteiger partial charge in [0.2, 0.25) is 0 Å². The minimum Gasteiger partial charge on any atom is -0.507 e. The molecule has 9 heteroatoms. The van der Waals surface area contributed by atoms with Crippen LogP contribution in [-0.4, -0.2) is 63.9 Å². The first-order valence-electron chi connectivity index (χ1n) is 7.16. The molecule has 0 aliphatic carbocycles. The average Bonchev–Trinajstić information content (AvgIpc) is 3.00. The van der Waals surface area contributed by atoms with Gasteiger partial charge in [-0.15, -0.1) is 11.8 Å². The molecular formula is C15H17NO7S. The van der Waals surface area contributed by atoms with Crippen molar-refractivity contribution in [1.29, 1.82) is 0 Å². The van der Waals surface area contributed by atoms with E-state index in [1.54, 1.807) is 12.1 Å². The van der Waals surface area contributed by atoms with Crippen LogP contribution in [0.15, 0.2) is 23.2 Å². The number of hydrogen-bond acceptors (Lipinski definition) is 7. The monoisotopic (exact) mass is 355 g/mol. The number of benzene rings is 1. The van der Waals surface area contributed by atoms with E-state index in [-0.39, 0.29) is 32.0 Å². The molecule has 0 saturated carbocycles. The molecule has 1 aromatic carbocycles. The summed E-state index contributed by atoms with van der Waals surface area (Å²) in [5.41, 5.74) is 0.466. The normalized spacial score (nSPS) is 16.7. The largest absolute Gasteiger partial charge is 0.507 e. The highest BCUT2D eigenvalue weighted by Gasteiger charge is 2.26. The van der Waals surface area contributed by atoms with E-state index in [1.807, 2.05) is 0 Å². The van der Waals surface area contributed by atoms with E-state index in [4.69, 9.17) is 19.7 Å². The molecule has 0 saturated heterocycles. The Kier molecular flexibility index (Phi) is 6.44. The third-order valence-corrected chi connectivity index (χ3v) is 4.17. The summed E-state index contributed by atoms with van der Waals surface area (Å²) in [5.74, 6) is -1.18. The van der Waals surface area contributed by atoms with E-state index < -0.39 is 18.0 Å². The molecule has 0 radical (unpaired) electrons. The van der Waals surface area contributed by atoms with Crippen molar-refractivity contribution >= 4 is 28.7 Å². The summed E-state index contributed by atoms with van der Waals surface area (Å²) in [5, 5.41) is 27.9. The molecule has 1 atom stereocenters. The van der Waals surface area contributed by atoms with Crippen LogP contribution in [0, 0.1) is 0 Å². The van der Waals surface area contributed by atoms with E-state index in [0.717, 1.165) is 0 Å². The van der Waals surface area contributed by atoms with Gasteiger partial charge in [-0.3, -0.25) is 9.79 Å². The molecule has 3 N–H and O–H groups in total. The molecule has 0 bridgehead atoms. The highest BCUT2D eigenvalue weighted by molar-refractivity contribution is 8.14. The first-order chi connectivity index (χ1) is 11.5. The van der Waals surface area contributed by atoms with Gasteiger partial charge in [-0.1, -0.05) is 0 Å². The van der Waals surface area contributed by atoms with Crippen molar-refractivity contribution in [2.75, 3.05) is 25.6 Å². The molecular weight excluding hydrogens is 338 g/mol. The molecule has 130 valence electrons. The van der Waals surface area contributed by atoms with E-state index in [1.165, 1.54) is 17.8 Å². The van der Waals surface area contributed by atoms with E-state index >= 15 is 0 Å². The van der Waals surface area contributed by atoms with Crippen molar-refractivity contribution in [3.63, 3.8) is 0 Å². The highest BCUT2D eigenvalue weighted by atomic mass is 32.2. The van der Waals surface area contributed by atoms with Gasteiger partial charge in [0.05, 0.1) is 19.6 Å². The Labute approximate surface area is 142 Å². The number of nitrogens with zero attached hydrogens (tertiary/aromatic N) is 1. The van der Waals surface area contributed by atoms with Crippen molar-refractivity contribution in [3.05, 3.63) is 23.8 Å². The topological polar surface area (TPSA) is 126 Å². The number of thioether (sulfide) groups is 1. The second kappa shape index (κ2) is 8.55. The predicted molar refractivity (Wildman–Crippen MR) is 87.1 cm³/mol. The first-order valence-corrected chi connectivity index (χ1v) is 8.15. The molecule has 0 fully saturated rings. The second-order valence-electron chi connectivity index (χ2n) is 4.88. The fraction of sp³-hybridized carbons (Fsp3) is 0.400. The smallest absolute Gasteiger partial charge is 0.329 e. The Hall–Kier alpha value is -2.26. The molecule has 1 aliphatic rings. The standard InChI is InChI=1S/C15H17NO7S/c17-12-7-9(23-6-5-22-4-3-13(18)19)1-2-10(12)14-16-11(8-24-14)15(20)21/h1-2,7,11,17H,3-6,8H2,(H,18,19)(H,20,21)/t11-/m1/s1. The Morgan fingerprint density at radius 2 is 2.04 bits per heavy atom. The number of carboxylic acid groups (broad SMARTS) is 2. The van der Waals surface area contributed by atoms with E-state index in [0.29, 0.717) is 22.1 Å². The lowest BCUT2D eigenvalue weighted by molar-refractivity contribution is -0.139. The zero-order chi connectivity index (χ0) is 17.5. The lowest BCUT2D eigenvalue weighted by Crippen LogP contribution is -2.17. The van der Waals surface area contributed by atoms with E-state index in [9.17, 15) is 14.7 Å². The summed E-state index contributed by atoms with van der Waals surface area (Å²) in [6, 6.07) is 3.89. The average molecular weight is 355 g/mol. The maximum absolute atomic E-state index is 10.9. The van der Waals surface area contributed by atoms with Gasteiger partial charge in [0.25, 0.3) is 0 Å². The highest BCUT2D eigenvalue weighted by Crippen LogP contribution is 2.31. The van der Waals surface area contributed by atoms with Gasteiger partial charge < -0.3 is 24.8 Å². The molecule has 0 spiro atoms. The summed E-state index contributed by atoms with van der Waals surface area (Å²) in [4.78, 5) is 25.3. The van der Waals surface area contributed by atoms with Gasteiger partial charge in [0, 0.05) is 17.4 Å². The number of hydrogen-bond donors (Lipinski definition) is 3. The van der Waals surface area contributed by atoms with Crippen LogP contribution >= 0.6 is 11.8 Å². The lowest BCUT2D eigenvalue weighted by Gasteiger charge is -2.09. The fourth-order valence-electron chi connectivity index (χ4n) is 1.91. The molecule has 2 rings (SSSR count). The minimum atomic E-state index is -0.986. The molecule has 1 heterocycles. The molecule has 1 aliphatic heterocycles. The number of ether oxygens (including phenoxy) is 2. The molecule has 0 aromatic heterocycles. The fourth-order valence-corrected chi connectivity index (χ4v) is 2.97. The van der Waals surface area contributed by atoms with Crippen LogP contribution in [0.4, 0.5) is 0 Å². The third-order valence-electron chi connectivity index (χ3n) is 3.09. The Morgan fingerprint density at radius 1 is 1.25 bits per heavy atom. The van der Waals surface area contributed by atoms with Gasteiger partial charge in [-0.2, -0.15) is 0 Å². The summed E-state index contributed by atoms with van der Waals surface area (Å²) < 4.78 is 10.5. The van der Waals surface area contributed by atoms with Gasteiger partial charge in [-0.25, -0.2) is 4.79 Å². The van der Waals surface area contributed by atoms with Crippen LogP contribution in [0.3, 0.4) is 0 Å². The number of carboxylic acids is 2. The number of aliphatic imine (C=N–C) groups is 1. The van der Waals surface area contributed by atoms with Gasteiger partial charge in [-0.05, 0) is 12.1 Å². The van der Waals surface area contributed by atoms with Gasteiger partial charge in [0.1, 0.15) is 23.1 Å². The maximum Gasteiger partial charge on any atom is 0.329 e. The van der Waals surface area contributed by atoms with Crippen LogP contribution in [0.5, 0.6) is 11.5 Å². The minimum absolute atomic E-state index is 0.0448. The van der Waals surface area contributed by atoms with Crippen molar-refractivity contribution in [1.82, 2.24) is 0 Å². The maximum atomic E-state index is 10.9. The van der Waals surface area contributed by atoms with Crippen LogP contribution in [0.1, 0.15) is 12.0 Å². The number of phenolic OH excluding ortho intramolecular Hbond substituents is 1. The third kappa shape index (κ3) is 5.14. The summed E-state index contributed by atoms with van der Waals surface area (Å²) in [7, 11) is 0. The number of rotatable bonds is 9. The van der Waals surface area contributed by atoms with Crippen LogP contribution in [0.2, 0.25) is 0 Å². The van der Waals surface area contributed by atoms with Crippen LogP contribution in [-0.2, 0) is 14.3 Å². The van der Waals surface area contributed by atoms with E-state index in [2.05, 4.69) is 4.99 Å². The summed E-state index contributed by atoms with van der Waals surface area (Å²) in [6.45, 7) is 0.568. The van der Waals surface area contributed by atoms with Crippen molar-refractivity contribution in [2.45, 2.75) is 12.5 Å². The molecule has 8 nitrogen and oxygen atoms in total. The van der Waals surface area contributed by atoms with Crippen molar-refractivity contribution in [3.8, 4) is 11.5 Å².